The van der Waals surface area contributed by atoms with Crippen molar-refractivity contribution >= 4 is 0 Å². The van der Waals surface area contributed by atoms with Gasteiger partial charge in [-0.1, -0.05) is 25.7 Å². The molecule has 0 amide bonds. The second-order valence-corrected chi connectivity index (χ2v) is 6.19. The average molecular weight is 268 g/mol. The lowest BCUT2D eigenvalue weighted by Gasteiger charge is -2.48. The van der Waals surface area contributed by atoms with Crippen LogP contribution in [0.2, 0.25) is 0 Å². The van der Waals surface area contributed by atoms with E-state index < -0.39 is 0 Å². The van der Waals surface area contributed by atoms with E-state index in [1.54, 1.807) is 0 Å². The largest absolute Gasteiger partial charge is 0.251 e. The normalized spacial score (nSPS) is 36.2. The van der Waals surface area contributed by atoms with Gasteiger partial charge in [-0.25, -0.2) is 14.7 Å². The van der Waals surface area contributed by atoms with Crippen LogP contribution in [0.4, 0.5) is 0 Å². The summed E-state index contributed by atoms with van der Waals surface area (Å²) in [4.78, 5) is 15.6. The number of fused-ring (bicyclic) bond motifs is 2. The van der Waals surface area contributed by atoms with Crippen LogP contribution in [0.3, 0.4) is 0 Å². The third-order valence-electron chi connectivity index (χ3n) is 4.49. The van der Waals surface area contributed by atoms with Gasteiger partial charge in [-0.15, -0.1) is 0 Å². The predicted octanol–water partition coefficient (Wildman–Crippen LogP) is 3.65. The highest BCUT2D eigenvalue weighted by molar-refractivity contribution is 5.18. The fourth-order valence-electron chi connectivity index (χ4n) is 2.77. The van der Waals surface area contributed by atoms with Gasteiger partial charge in [-0.3, -0.25) is 5.26 Å². The minimum atomic E-state index is -0.327. The van der Waals surface area contributed by atoms with Crippen LogP contribution in [-0.4, -0.2) is 22.6 Å². The first kappa shape index (κ1) is 14.7. The molecule has 2 aliphatic heterocycles. The highest BCUT2D eigenvalue weighted by Gasteiger charge is 2.48. The average Bonchev–Trinajstić information content (AvgIpc) is 2.40. The summed E-state index contributed by atoms with van der Waals surface area (Å²) in [6, 6.07) is 0. The first-order valence-electron chi connectivity index (χ1n) is 6.94. The highest BCUT2D eigenvalue weighted by Crippen LogP contribution is 2.45. The van der Waals surface area contributed by atoms with E-state index in [2.05, 4.69) is 30.5 Å². The summed E-state index contributed by atoms with van der Waals surface area (Å²) >= 11 is 0. The minimum absolute atomic E-state index is 0.254. The molecule has 4 unspecified atom stereocenters. The van der Waals surface area contributed by atoms with Gasteiger partial charge >= 0.3 is 0 Å². The lowest BCUT2D eigenvalue weighted by molar-refractivity contribution is -0.432. The summed E-state index contributed by atoms with van der Waals surface area (Å²) < 4.78 is 0. The lowest BCUT2D eigenvalue weighted by Crippen LogP contribution is -2.51. The zero-order valence-corrected chi connectivity index (χ0v) is 12.0. The molecule has 0 saturated carbocycles. The Bertz CT molecular complexity index is 366. The molecule has 0 spiro atoms. The molecular formula is C15H24O4. The zero-order chi connectivity index (χ0) is 14.1. The fourth-order valence-corrected chi connectivity index (χ4v) is 2.77. The first-order chi connectivity index (χ1) is 8.91. The van der Waals surface area contributed by atoms with E-state index in [1.807, 2.05) is 13.8 Å². The summed E-state index contributed by atoms with van der Waals surface area (Å²) in [6.07, 6.45) is 7.50. The number of hydrogen-bond donors (Lipinski definition) is 1. The third-order valence-corrected chi connectivity index (χ3v) is 4.49. The molecule has 4 atom stereocenters. The maximum Gasteiger partial charge on any atom is 0.124 e. The van der Waals surface area contributed by atoms with Crippen LogP contribution in [0.15, 0.2) is 24.3 Å². The Kier molecular flexibility index (Phi) is 4.16. The molecule has 19 heavy (non-hydrogen) atoms. The number of hydrogen-bond acceptors (Lipinski definition) is 4. The number of rotatable bonds is 6. The molecule has 2 bridgehead atoms. The van der Waals surface area contributed by atoms with Crippen molar-refractivity contribution in [1.29, 1.82) is 0 Å². The first-order valence-corrected chi connectivity index (χ1v) is 6.94. The molecule has 0 aromatic carbocycles. The van der Waals surface area contributed by atoms with Gasteiger partial charge in [0, 0.05) is 0 Å². The van der Waals surface area contributed by atoms with Crippen LogP contribution in [0.25, 0.3) is 0 Å². The van der Waals surface area contributed by atoms with Crippen LogP contribution in [-0.2, 0) is 14.7 Å². The molecule has 3 aliphatic rings. The van der Waals surface area contributed by atoms with E-state index >= 15 is 0 Å². The van der Waals surface area contributed by atoms with Crippen molar-refractivity contribution in [2.75, 3.05) is 0 Å². The van der Waals surface area contributed by atoms with Crippen molar-refractivity contribution < 1.29 is 19.9 Å². The Morgan fingerprint density at radius 3 is 2.53 bits per heavy atom. The summed E-state index contributed by atoms with van der Waals surface area (Å²) in [5, 5.41) is 8.85. The van der Waals surface area contributed by atoms with Crippen molar-refractivity contribution in [1.82, 2.24) is 0 Å². The van der Waals surface area contributed by atoms with Gasteiger partial charge < -0.3 is 0 Å². The predicted molar refractivity (Wildman–Crippen MR) is 72.4 cm³/mol. The highest BCUT2D eigenvalue weighted by atomic mass is 17.2. The molecule has 4 heteroatoms. The molecule has 108 valence electrons. The Labute approximate surface area is 114 Å². The van der Waals surface area contributed by atoms with Crippen LogP contribution in [0.5, 0.6) is 0 Å². The fraction of sp³-hybridized carbons (Fsp3) is 0.733. The van der Waals surface area contributed by atoms with E-state index in [-0.39, 0.29) is 17.3 Å². The van der Waals surface area contributed by atoms with Crippen LogP contribution >= 0.6 is 0 Å². The van der Waals surface area contributed by atoms with Crippen molar-refractivity contribution in [3.63, 3.8) is 0 Å². The van der Waals surface area contributed by atoms with E-state index in [0.717, 1.165) is 31.3 Å². The lowest BCUT2D eigenvalue weighted by atomic mass is 9.74. The van der Waals surface area contributed by atoms with E-state index in [1.165, 1.54) is 0 Å². The van der Waals surface area contributed by atoms with Crippen molar-refractivity contribution in [3.05, 3.63) is 24.3 Å². The van der Waals surface area contributed by atoms with Gasteiger partial charge in [0.1, 0.15) is 17.3 Å². The summed E-state index contributed by atoms with van der Waals surface area (Å²) in [5.74, 6) is 0.297. The summed E-state index contributed by atoms with van der Waals surface area (Å²) in [5.41, 5.74) is 0.253. The van der Waals surface area contributed by atoms with E-state index in [0.29, 0.717) is 5.92 Å². The molecule has 0 aromatic heterocycles. The van der Waals surface area contributed by atoms with E-state index in [9.17, 15) is 0 Å². The summed E-state index contributed by atoms with van der Waals surface area (Å²) in [6.45, 7) is 9.86. The van der Waals surface area contributed by atoms with Crippen molar-refractivity contribution in [2.24, 2.45) is 5.92 Å². The van der Waals surface area contributed by atoms with Gasteiger partial charge in [-0.2, -0.15) is 0 Å². The standard InChI is InChI=1S/C15H24O4/c1-11(2)13(17-16)6-5-12(3)15-9-7-14(4,8-10-15)18-19-15/h7,9,12-13,16H,1,5-6,8,10H2,2-4H3. The molecule has 1 saturated heterocycles. The monoisotopic (exact) mass is 268 g/mol. The Morgan fingerprint density at radius 1 is 1.37 bits per heavy atom. The molecular weight excluding hydrogens is 244 g/mol. The van der Waals surface area contributed by atoms with Gasteiger partial charge in [-0.05, 0) is 51.0 Å². The molecule has 0 radical (unpaired) electrons. The van der Waals surface area contributed by atoms with E-state index in [4.69, 9.17) is 15.0 Å². The van der Waals surface area contributed by atoms with Crippen molar-refractivity contribution in [2.45, 2.75) is 63.8 Å². The van der Waals surface area contributed by atoms with Gasteiger partial charge in [0.2, 0.25) is 0 Å². The Balaban J connectivity index is 1.95. The van der Waals surface area contributed by atoms with Crippen LogP contribution in [0.1, 0.15) is 46.5 Å². The second-order valence-electron chi connectivity index (χ2n) is 6.19. The van der Waals surface area contributed by atoms with Crippen LogP contribution in [0, 0.1) is 5.92 Å². The van der Waals surface area contributed by atoms with Gasteiger partial charge in [0.15, 0.2) is 0 Å². The molecule has 4 nitrogen and oxygen atoms in total. The second kappa shape index (κ2) is 5.37. The quantitative estimate of drug-likeness (QED) is 0.454. The maximum absolute atomic E-state index is 8.85. The molecule has 1 fully saturated rings. The van der Waals surface area contributed by atoms with Gasteiger partial charge in [0.05, 0.1) is 0 Å². The zero-order valence-electron chi connectivity index (χ0n) is 12.0. The maximum atomic E-state index is 8.85. The van der Waals surface area contributed by atoms with Gasteiger partial charge in [0.25, 0.3) is 0 Å². The molecule has 1 N–H and O–H groups in total. The summed E-state index contributed by atoms with van der Waals surface area (Å²) in [7, 11) is 0. The Hall–Kier alpha value is -0.680. The molecule has 1 aliphatic carbocycles. The molecule has 3 rings (SSSR count). The third kappa shape index (κ3) is 2.92. The minimum Gasteiger partial charge on any atom is -0.251 e. The van der Waals surface area contributed by atoms with Crippen molar-refractivity contribution in [3.8, 4) is 0 Å². The smallest absolute Gasteiger partial charge is 0.124 e. The SMILES string of the molecule is C=C(C)C(CCC(C)C12C=CC(C)(CC1)OO2)OO. The Morgan fingerprint density at radius 2 is 2.11 bits per heavy atom. The molecule has 0 aromatic rings. The van der Waals surface area contributed by atoms with Crippen LogP contribution < -0.4 is 0 Å². The topological polar surface area (TPSA) is 47.9 Å². The molecule has 2 heterocycles.